The van der Waals surface area contributed by atoms with Gasteiger partial charge in [-0.05, 0) is 43.0 Å². The van der Waals surface area contributed by atoms with E-state index in [1.165, 1.54) is 9.87 Å². The molecule has 146 valence electrons. The minimum atomic E-state index is -3.61. The summed E-state index contributed by atoms with van der Waals surface area (Å²) in [5.74, 6) is -0.307. The molecular formula is C21H28N2O3S. The third kappa shape index (κ3) is 5.32. The van der Waals surface area contributed by atoms with E-state index in [-0.39, 0.29) is 11.9 Å². The number of nitrogens with zero attached hydrogens (tertiary/aromatic N) is 1. The lowest BCUT2D eigenvalue weighted by molar-refractivity contribution is -0.122. The van der Waals surface area contributed by atoms with E-state index in [1.807, 2.05) is 44.2 Å². The molecule has 2 rings (SSSR count). The molecule has 0 aliphatic rings. The molecule has 0 radical (unpaired) electrons. The maximum absolute atomic E-state index is 12.9. The van der Waals surface area contributed by atoms with Gasteiger partial charge in [0, 0.05) is 0 Å². The van der Waals surface area contributed by atoms with Crippen LogP contribution in [0.1, 0.15) is 44.4 Å². The minimum absolute atomic E-state index is 0.213. The van der Waals surface area contributed by atoms with Gasteiger partial charge in [-0.2, -0.15) is 0 Å². The molecule has 0 spiro atoms. The topological polar surface area (TPSA) is 66.5 Å². The zero-order valence-electron chi connectivity index (χ0n) is 16.3. The second-order valence-electron chi connectivity index (χ2n) is 6.64. The number of rotatable bonds is 8. The van der Waals surface area contributed by atoms with Crippen molar-refractivity contribution in [1.29, 1.82) is 0 Å². The Hall–Kier alpha value is -2.34. The molecule has 0 aliphatic heterocycles. The minimum Gasteiger partial charge on any atom is -0.348 e. The van der Waals surface area contributed by atoms with E-state index in [9.17, 15) is 13.2 Å². The first-order valence-corrected chi connectivity index (χ1v) is 11.1. The van der Waals surface area contributed by atoms with Gasteiger partial charge in [0.1, 0.15) is 6.04 Å². The number of hydrogen-bond donors (Lipinski definition) is 1. The van der Waals surface area contributed by atoms with Crippen LogP contribution in [0.2, 0.25) is 0 Å². The summed E-state index contributed by atoms with van der Waals surface area (Å²) >= 11 is 0. The Bertz CT molecular complexity index is 849. The summed E-state index contributed by atoms with van der Waals surface area (Å²) in [4.78, 5) is 12.9. The van der Waals surface area contributed by atoms with Crippen molar-refractivity contribution in [2.24, 2.45) is 0 Å². The summed E-state index contributed by atoms with van der Waals surface area (Å²) in [5, 5.41) is 2.96. The Kier molecular flexibility index (Phi) is 7.02. The Morgan fingerprint density at radius 1 is 1.04 bits per heavy atom. The van der Waals surface area contributed by atoms with Crippen molar-refractivity contribution in [3.05, 3.63) is 65.7 Å². The van der Waals surface area contributed by atoms with Crippen LogP contribution < -0.4 is 9.62 Å². The fraction of sp³-hybridized carbons (Fsp3) is 0.381. The standard InChI is InChI=1S/C21H28N2O3S/c1-5-17-12-14-18(15-13-17)16(3)22-21(24)20(6-2)23(27(4,25)26)19-10-8-7-9-11-19/h7-16,20H,5-6H2,1-4H3,(H,22,24)/t16-,20-/m1/s1. The predicted molar refractivity (Wildman–Crippen MR) is 110 cm³/mol. The number of para-hydroxylation sites is 1. The van der Waals surface area contributed by atoms with Gasteiger partial charge >= 0.3 is 0 Å². The molecule has 2 aromatic carbocycles. The molecule has 0 bridgehead atoms. The van der Waals surface area contributed by atoms with Crippen LogP contribution >= 0.6 is 0 Å². The van der Waals surface area contributed by atoms with E-state index in [0.717, 1.165) is 18.2 Å². The first kappa shape index (κ1) is 21.0. The van der Waals surface area contributed by atoms with Gasteiger partial charge in [0.2, 0.25) is 15.9 Å². The number of sulfonamides is 1. The van der Waals surface area contributed by atoms with Gasteiger partial charge in [0.05, 0.1) is 18.0 Å². The number of amides is 1. The molecule has 0 saturated carbocycles. The number of benzene rings is 2. The first-order valence-electron chi connectivity index (χ1n) is 9.21. The molecular weight excluding hydrogens is 360 g/mol. The molecule has 0 aromatic heterocycles. The van der Waals surface area contributed by atoms with Gasteiger partial charge in [0.15, 0.2) is 0 Å². The van der Waals surface area contributed by atoms with Crippen LogP contribution in [0.4, 0.5) is 5.69 Å². The van der Waals surface area contributed by atoms with E-state index >= 15 is 0 Å². The van der Waals surface area contributed by atoms with Crippen LogP contribution in [0.25, 0.3) is 0 Å². The lowest BCUT2D eigenvalue weighted by Crippen LogP contribution is -2.49. The summed E-state index contributed by atoms with van der Waals surface area (Å²) < 4.78 is 26.0. The van der Waals surface area contributed by atoms with E-state index in [1.54, 1.807) is 24.3 Å². The lowest BCUT2D eigenvalue weighted by atomic mass is 10.0. The zero-order chi connectivity index (χ0) is 20.0. The maximum atomic E-state index is 12.9. The van der Waals surface area contributed by atoms with Crippen molar-refractivity contribution in [1.82, 2.24) is 5.32 Å². The monoisotopic (exact) mass is 388 g/mol. The molecule has 2 aromatic rings. The largest absolute Gasteiger partial charge is 0.348 e. The van der Waals surface area contributed by atoms with Gasteiger partial charge in [0.25, 0.3) is 0 Å². The number of carbonyl (C=O) groups is 1. The fourth-order valence-corrected chi connectivity index (χ4v) is 4.28. The second-order valence-corrected chi connectivity index (χ2v) is 8.50. The van der Waals surface area contributed by atoms with E-state index in [4.69, 9.17) is 0 Å². The SMILES string of the molecule is CCc1ccc([C@@H](C)NC(=O)[C@@H](CC)N(c2ccccc2)S(C)(=O)=O)cc1. The van der Waals surface area contributed by atoms with E-state index in [0.29, 0.717) is 12.1 Å². The van der Waals surface area contributed by atoms with Crippen molar-refractivity contribution in [2.75, 3.05) is 10.6 Å². The molecule has 0 unspecified atom stereocenters. The smallest absolute Gasteiger partial charge is 0.244 e. The molecule has 2 atom stereocenters. The van der Waals surface area contributed by atoms with Crippen molar-refractivity contribution in [3.8, 4) is 0 Å². The molecule has 5 nitrogen and oxygen atoms in total. The Morgan fingerprint density at radius 3 is 2.11 bits per heavy atom. The summed E-state index contributed by atoms with van der Waals surface area (Å²) in [6, 6.07) is 15.8. The van der Waals surface area contributed by atoms with E-state index < -0.39 is 16.1 Å². The second kappa shape index (κ2) is 9.04. The maximum Gasteiger partial charge on any atom is 0.244 e. The lowest BCUT2D eigenvalue weighted by Gasteiger charge is -2.31. The summed E-state index contributed by atoms with van der Waals surface area (Å²) in [7, 11) is -3.61. The molecule has 6 heteroatoms. The number of aryl methyl sites for hydroxylation is 1. The third-order valence-corrected chi connectivity index (χ3v) is 5.77. The summed E-state index contributed by atoms with van der Waals surface area (Å²) in [6.45, 7) is 5.81. The van der Waals surface area contributed by atoms with Gasteiger partial charge in [-0.15, -0.1) is 0 Å². The molecule has 0 saturated heterocycles. The van der Waals surface area contributed by atoms with Crippen LogP contribution in [0, 0.1) is 0 Å². The van der Waals surface area contributed by atoms with Crippen LogP contribution in [0.5, 0.6) is 0 Å². The Morgan fingerprint density at radius 2 is 1.63 bits per heavy atom. The number of carbonyl (C=O) groups excluding carboxylic acids is 1. The number of hydrogen-bond acceptors (Lipinski definition) is 3. The highest BCUT2D eigenvalue weighted by atomic mass is 32.2. The van der Waals surface area contributed by atoms with Gasteiger partial charge in [-0.3, -0.25) is 9.10 Å². The van der Waals surface area contributed by atoms with Crippen molar-refractivity contribution in [2.45, 2.75) is 45.7 Å². The van der Waals surface area contributed by atoms with Crippen molar-refractivity contribution in [3.63, 3.8) is 0 Å². The summed E-state index contributed by atoms with van der Waals surface area (Å²) in [6.07, 6.45) is 2.46. The third-order valence-electron chi connectivity index (χ3n) is 4.59. The molecule has 0 fully saturated rings. The number of nitrogens with one attached hydrogen (secondary N) is 1. The zero-order valence-corrected chi connectivity index (χ0v) is 17.2. The number of anilines is 1. The van der Waals surface area contributed by atoms with Gasteiger partial charge in [-0.1, -0.05) is 56.3 Å². The van der Waals surface area contributed by atoms with Crippen LogP contribution in [-0.2, 0) is 21.2 Å². The Balaban J connectivity index is 2.24. The fourth-order valence-electron chi connectivity index (χ4n) is 3.07. The van der Waals surface area contributed by atoms with Crippen molar-refractivity contribution >= 4 is 21.6 Å². The first-order chi connectivity index (χ1) is 12.8. The van der Waals surface area contributed by atoms with Crippen LogP contribution in [-0.4, -0.2) is 26.6 Å². The molecule has 1 N–H and O–H groups in total. The average molecular weight is 389 g/mol. The highest BCUT2D eigenvalue weighted by Crippen LogP contribution is 2.23. The normalized spacial score (nSPS) is 13.6. The van der Waals surface area contributed by atoms with Gasteiger partial charge < -0.3 is 5.32 Å². The quantitative estimate of drug-likeness (QED) is 0.750. The summed E-state index contributed by atoms with van der Waals surface area (Å²) in [5.41, 5.74) is 2.71. The van der Waals surface area contributed by atoms with Crippen LogP contribution in [0.15, 0.2) is 54.6 Å². The molecule has 0 aliphatic carbocycles. The Labute approximate surface area is 162 Å². The average Bonchev–Trinajstić information content (AvgIpc) is 2.65. The van der Waals surface area contributed by atoms with Crippen LogP contribution in [0.3, 0.4) is 0 Å². The molecule has 1 amide bonds. The molecule has 0 heterocycles. The highest BCUT2D eigenvalue weighted by molar-refractivity contribution is 7.92. The highest BCUT2D eigenvalue weighted by Gasteiger charge is 2.32. The predicted octanol–water partition coefficient (Wildman–Crippen LogP) is 3.67. The molecule has 27 heavy (non-hydrogen) atoms. The van der Waals surface area contributed by atoms with Gasteiger partial charge in [-0.25, -0.2) is 8.42 Å². The van der Waals surface area contributed by atoms with E-state index in [2.05, 4.69) is 12.2 Å². The van der Waals surface area contributed by atoms with Crippen molar-refractivity contribution < 1.29 is 13.2 Å².